The molecule has 3 fully saturated rings. The monoisotopic (exact) mass is 830 g/mol. The average molecular weight is 831 g/mol. The highest BCUT2D eigenvalue weighted by atomic mass is 16.7. The van der Waals surface area contributed by atoms with Crippen LogP contribution >= 0.6 is 0 Å². The first-order valence-corrected chi connectivity index (χ1v) is 20.4. The molecule has 0 bridgehead atoms. The summed E-state index contributed by atoms with van der Waals surface area (Å²) in [5.74, 6) is -0.578. The van der Waals surface area contributed by atoms with Crippen molar-refractivity contribution in [3.05, 3.63) is 34.4 Å². The third-order valence-corrected chi connectivity index (χ3v) is 12.6. The van der Waals surface area contributed by atoms with E-state index in [2.05, 4.69) is 0 Å². The second kappa shape index (κ2) is 21.7. The van der Waals surface area contributed by atoms with Gasteiger partial charge in [-0.3, -0.25) is 9.59 Å². The number of ether oxygens (including phenoxy) is 4. The molecule has 58 heavy (non-hydrogen) atoms. The smallest absolute Gasteiger partial charge is 0.187 e. The summed E-state index contributed by atoms with van der Waals surface area (Å²) in [5.41, 5.74) is -0.313. The first-order chi connectivity index (χ1) is 27.0. The number of carbonyl (C=O) groups excluding carboxylic acids is 2. The molecule has 16 heteroatoms. The Balaban J connectivity index is 1.84. The van der Waals surface area contributed by atoms with E-state index in [1.54, 1.807) is 13.8 Å². The quantitative estimate of drug-likeness (QED) is 0.0349. The number of rotatable bonds is 20. The molecule has 3 aliphatic rings. The summed E-state index contributed by atoms with van der Waals surface area (Å²) in [5, 5.41) is 104. The molecule has 0 spiro atoms. The highest BCUT2D eigenvalue weighted by Gasteiger charge is 2.52. The lowest BCUT2D eigenvalue weighted by atomic mass is 9.54. The van der Waals surface area contributed by atoms with Crippen LogP contribution in [0, 0.1) is 11.3 Å². The molecule has 2 saturated heterocycles. The van der Waals surface area contributed by atoms with Crippen LogP contribution in [0.3, 0.4) is 0 Å². The van der Waals surface area contributed by atoms with E-state index in [1.165, 1.54) is 13.8 Å². The predicted octanol–water partition coefficient (Wildman–Crippen LogP) is 0.634. The van der Waals surface area contributed by atoms with Crippen molar-refractivity contribution >= 4 is 12.1 Å². The van der Waals surface area contributed by atoms with E-state index in [1.807, 2.05) is 32.9 Å². The maximum atomic E-state index is 12.3. The maximum Gasteiger partial charge on any atom is 0.187 e. The van der Waals surface area contributed by atoms with Gasteiger partial charge in [0.25, 0.3) is 0 Å². The van der Waals surface area contributed by atoms with Crippen LogP contribution in [-0.4, -0.2) is 162 Å². The van der Waals surface area contributed by atoms with Crippen LogP contribution in [0.4, 0.5) is 0 Å². The molecule has 334 valence electrons. The molecule has 1 saturated carbocycles. The normalized spacial score (nSPS) is 38.1. The van der Waals surface area contributed by atoms with Gasteiger partial charge in [0.05, 0.1) is 24.9 Å². The zero-order valence-corrected chi connectivity index (χ0v) is 35.1. The first-order valence-electron chi connectivity index (χ1n) is 20.4. The summed E-state index contributed by atoms with van der Waals surface area (Å²) in [7, 11) is 0. The summed E-state index contributed by atoms with van der Waals surface area (Å²) >= 11 is 0. The summed E-state index contributed by atoms with van der Waals surface area (Å²) < 4.78 is 23.1. The van der Waals surface area contributed by atoms with E-state index in [4.69, 9.17) is 18.9 Å². The summed E-state index contributed by atoms with van der Waals surface area (Å²) in [6.45, 7) is 10.9. The molecule has 1 aliphatic carbocycles. The van der Waals surface area contributed by atoms with Crippen molar-refractivity contribution in [2.45, 2.75) is 185 Å². The third-order valence-electron chi connectivity index (χ3n) is 12.6. The number of aliphatic hydroxyl groups excluding tert-OH is 8. The molecule has 16 nitrogen and oxygen atoms in total. The molecule has 10 N–H and O–H groups in total. The van der Waals surface area contributed by atoms with Crippen LogP contribution in [0.5, 0.6) is 0 Å². The Bertz CT molecular complexity index is 1430. The molecule has 3 unspecified atom stereocenters. The number of allylic oxidation sites excluding steroid dienone is 4. The van der Waals surface area contributed by atoms with Crippen molar-refractivity contribution < 1.29 is 79.6 Å². The molecule has 0 radical (unpaired) electrons. The summed E-state index contributed by atoms with van der Waals surface area (Å²) in [4.78, 5) is 24.4. The zero-order valence-electron chi connectivity index (χ0n) is 35.1. The standard InChI is InChI=1S/C42H70O16/c1-23(13-15-31(46)40(4,5)53)12-14-28(56-39-37(52)35(50)33(48)30(22-45)58-39)24(2)10-8-17-41(6)27(26(25(3)20-43)16-18-42(41,7)54)11-9-19-55-38-36(51)34(49)32(47)29(21-44)57-38/h10,12,20,27-30,32-39,44-45,47-54H,8-9,11,13-19,21-22H2,1-7H3/b23-12+,24-10+,26-25+/t27?,28?,29-,30-,32-,33-,34+,35+,36-,37-,38-,39-,41?,42+/m1/s1. The predicted molar refractivity (Wildman–Crippen MR) is 210 cm³/mol. The first kappa shape index (κ1) is 50.4. The van der Waals surface area contributed by atoms with Gasteiger partial charge in [0.2, 0.25) is 0 Å². The SMILES string of the molecule is C/C(=C\CC(O[C@@H]1O[C@H](CO)[C@@H](O)[C@H](O)[C@H]1O)/C(C)=C/CCC1(C)C(CCCO[C@@H]2O[C@H](CO)[C@@H](O)[C@H](O)[C@H]2O)/C(=C(\C)C=O)CC[C@]1(C)O)CCC(=O)C(C)(C)O. The van der Waals surface area contributed by atoms with Gasteiger partial charge in [-0.2, -0.15) is 0 Å². The van der Waals surface area contributed by atoms with E-state index in [0.717, 1.165) is 23.0 Å². The average Bonchev–Trinajstić information content (AvgIpc) is 3.17. The summed E-state index contributed by atoms with van der Waals surface area (Å²) in [6.07, 6.45) is -7.07. The van der Waals surface area contributed by atoms with Gasteiger partial charge in [-0.1, -0.05) is 30.2 Å². The fourth-order valence-electron chi connectivity index (χ4n) is 8.22. The molecule has 0 aromatic carbocycles. The molecule has 3 rings (SSSR count). The van der Waals surface area contributed by atoms with Gasteiger partial charge in [0, 0.05) is 18.4 Å². The highest BCUT2D eigenvalue weighted by molar-refractivity contribution is 5.86. The molecule has 14 atom stereocenters. The summed E-state index contributed by atoms with van der Waals surface area (Å²) in [6, 6.07) is 0. The molecule has 2 aliphatic heterocycles. The van der Waals surface area contributed by atoms with Crippen LogP contribution in [0.15, 0.2) is 34.4 Å². The molecule has 0 aromatic heterocycles. The van der Waals surface area contributed by atoms with Gasteiger partial charge in [-0.25, -0.2) is 0 Å². The largest absolute Gasteiger partial charge is 0.394 e. The maximum absolute atomic E-state index is 12.3. The van der Waals surface area contributed by atoms with Crippen molar-refractivity contribution in [3.8, 4) is 0 Å². The van der Waals surface area contributed by atoms with Gasteiger partial charge >= 0.3 is 0 Å². The van der Waals surface area contributed by atoms with Crippen LogP contribution < -0.4 is 0 Å². The van der Waals surface area contributed by atoms with Crippen molar-refractivity contribution in [3.63, 3.8) is 0 Å². The van der Waals surface area contributed by atoms with E-state index in [0.29, 0.717) is 50.5 Å². The Labute approximate surface area is 341 Å². The van der Waals surface area contributed by atoms with E-state index in [-0.39, 0.29) is 31.1 Å². The van der Waals surface area contributed by atoms with Gasteiger partial charge in [0.1, 0.15) is 60.7 Å². The minimum Gasteiger partial charge on any atom is -0.394 e. The Morgan fingerprint density at radius 3 is 2.00 bits per heavy atom. The lowest BCUT2D eigenvalue weighted by molar-refractivity contribution is -0.308. The minimum atomic E-state index is -1.64. The van der Waals surface area contributed by atoms with E-state index < -0.39 is 97.3 Å². The van der Waals surface area contributed by atoms with Gasteiger partial charge < -0.3 is 70.0 Å². The number of hydrogen-bond acceptors (Lipinski definition) is 16. The van der Waals surface area contributed by atoms with Crippen LogP contribution in [0.2, 0.25) is 0 Å². The van der Waals surface area contributed by atoms with E-state index >= 15 is 0 Å². The lowest BCUT2D eigenvalue weighted by Gasteiger charge is -2.53. The lowest BCUT2D eigenvalue weighted by Crippen LogP contribution is -2.59. The molecule has 0 amide bonds. The van der Waals surface area contributed by atoms with Crippen molar-refractivity contribution in [1.29, 1.82) is 0 Å². The number of ketones is 1. The van der Waals surface area contributed by atoms with Gasteiger partial charge in [-0.05, 0) is 110 Å². The Kier molecular flexibility index (Phi) is 18.8. The molecular formula is C42H70O16. The topological polar surface area (TPSA) is 273 Å². The minimum absolute atomic E-state index is 0.0691. The third kappa shape index (κ3) is 12.3. The molecule has 0 aromatic rings. The number of hydrogen-bond donors (Lipinski definition) is 10. The highest BCUT2D eigenvalue weighted by Crippen LogP contribution is 2.55. The van der Waals surface area contributed by atoms with Crippen LogP contribution in [0.25, 0.3) is 0 Å². The van der Waals surface area contributed by atoms with Crippen LogP contribution in [-0.2, 0) is 28.5 Å². The fraction of sp³-hybridized carbons (Fsp3) is 0.810. The van der Waals surface area contributed by atoms with Gasteiger partial charge in [0.15, 0.2) is 18.4 Å². The van der Waals surface area contributed by atoms with Crippen molar-refractivity contribution in [1.82, 2.24) is 0 Å². The fourth-order valence-corrected chi connectivity index (χ4v) is 8.22. The number of carbonyl (C=O) groups is 2. The number of aliphatic hydroxyl groups is 10. The Morgan fingerprint density at radius 1 is 0.879 bits per heavy atom. The molecule has 2 heterocycles. The second-order valence-electron chi connectivity index (χ2n) is 17.4. The van der Waals surface area contributed by atoms with Crippen molar-refractivity contribution in [2.75, 3.05) is 19.8 Å². The zero-order chi connectivity index (χ0) is 43.7. The second-order valence-corrected chi connectivity index (χ2v) is 17.4. The Morgan fingerprint density at radius 2 is 1.45 bits per heavy atom. The number of aldehydes is 1. The Hall–Kier alpha value is -2.00. The van der Waals surface area contributed by atoms with Gasteiger partial charge in [-0.15, -0.1) is 0 Å². The number of Topliss-reactive ketones (excluding diaryl/α,β-unsaturated/α-hetero) is 1. The van der Waals surface area contributed by atoms with E-state index in [9.17, 15) is 60.7 Å². The molecular weight excluding hydrogens is 760 g/mol. The van der Waals surface area contributed by atoms with Crippen LogP contribution in [0.1, 0.15) is 106 Å². The van der Waals surface area contributed by atoms with Crippen molar-refractivity contribution in [2.24, 2.45) is 11.3 Å².